The lowest BCUT2D eigenvalue weighted by Gasteiger charge is -2.36. The first-order valence-corrected chi connectivity index (χ1v) is 9.20. The van der Waals surface area contributed by atoms with E-state index in [1.165, 1.54) is 11.3 Å². The van der Waals surface area contributed by atoms with E-state index in [0.717, 1.165) is 29.5 Å². The van der Waals surface area contributed by atoms with Crippen molar-refractivity contribution in [3.05, 3.63) is 23.2 Å². The average molecular weight is 349 g/mol. The zero-order valence-electron chi connectivity index (χ0n) is 12.5. The standard InChI is InChI=1S/C17H17ClN2O2S/c18-12-4-5-13-14(8-12)23-17(19-13)20-16(22)11-6-9-2-1-3-10(7-11)15(9)21/h4-5,8-11H,1-3,6-7H2,(H,19,20,22). The molecular weight excluding hydrogens is 332 g/mol. The summed E-state index contributed by atoms with van der Waals surface area (Å²) in [6, 6.07) is 5.50. The molecule has 23 heavy (non-hydrogen) atoms. The highest BCUT2D eigenvalue weighted by molar-refractivity contribution is 7.22. The first-order chi connectivity index (χ1) is 11.1. The summed E-state index contributed by atoms with van der Waals surface area (Å²) in [6.45, 7) is 0. The van der Waals surface area contributed by atoms with Crippen LogP contribution in [0.15, 0.2) is 18.2 Å². The molecule has 1 N–H and O–H groups in total. The fraction of sp³-hybridized carbons (Fsp3) is 0.471. The van der Waals surface area contributed by atoms with Crippen molar-refractivity contribution in [3.8, 4) is 0 Å². The van der Waals surface area contributed by atoms with Gasteiger partial charge in [-0.2, -0.15) is 0 Å². The van der Waals surface area contributed by atoms with Crippen LogP contribution in [0.2, 0.25) is 5.02 Å². The number of amides is 1. The molecule has 6 heteroatoms. The zero-order chi connectivity index (χ0) is 16.0. The summed E-state index contributed by atoms with van der Waals surface area (Å²) in [7, 11) is 0. The van der Waals surface area contributed by atoms with Crippen LogP contribution < -0.4 is 5.32 Å². The molecule has 1 aromatic heterocycles. The highest BCUT2D eigenvalue weighted by atomic mass is 35.5. The second-order valence-electron chi connectivity index (χ2n) is 6.52. The average Bonchev–Trinajstić information content (AvgIpc) is 2.88. The Hall–Kier alpha value is -1.46. The molecule has 0 radical (unpaired) electrons. The topological polar surface area (TPSA) is 59.1 Å². The molecule has 0 spiro atoms. The fourth-order valence-electron chi connectivity index (χ4n) is 3.85. The summed E-state index contributed by atoms with van der Waals surface area (Å²) in [6.07, 6.45) is 4.39. The number of Topliss-reactive ketones (excluding diaryl/α,β-unsaturated/α-hetero) is 1. The summed E-state index contributed by atoms with van der Waals surface area (Å²) in [4.78, 5) is 29.1. The second kappa shape index (κ2) is 5.87. The first-order valence-electron chi connectivity index (χ1n) is 8.01. The van der Waals surface area contributed by atoms with E-state index in [-0.39, 0.29) is 23.7 Å². The minimum Gasteiger partial charge on any atom is -0.302 e. The molecule has 1 amide bonds. The lowest BCUT2D eigenvalue weighted by atomic mass is 9.67. The molecule has 120 valence electrons. The number of carbonyl (C=O) groups excluding carboxylic acids is 2. The van der Waals surface area contributed by atoms with Crippen LogP contribution in [-0.4, -0.2) is 16.7 Å². The molecule has 0 saturated heterocycles. The van der Waals surface area contributed by atoms with Gasteiger partial charge in [0, 0.05) is 22.8 Å². The van der Waals surface area contributed by atoms with Gasteiger partial charge in [-0.1, -0.05) is 29.4 Å². The van der Waals surface area contributed by atoms with Crippen molar-refractivity contribution in [1.82, 2.24) is 4.98 Å². The van der Waals surface area contributed by atoms with Gasteiger partial charge in [0.2, 0.25) is 5.91 Å². The van der Waals surface area contributed by atoms with Gasteiger partial charge in [-0.25, -0.2) is 4.98 Å². The Balaban J connectivity index is 1.49. The Morgan fingerprint density at radius 2 is 2.00 bits per heavy atom. The van der Waals surface area contributed by atoms with Crippen molar-refractivity contribution >= 4 is 50.0 Å². The van der Waals surface area contributed by atoms with Crippen LogP contribution in [0.1, 0.15) is 32.1 Å². The van der Waals surface area contributed by atoms with Crippen molar-refractivity contribution in [1.29, 1.82) is 0 Å². The minimum atomic E-state index is -0.0707. The highest BCUT2D eigenvalue weighted by Crippen LogP contribution is 2.40. The summed E-state index contributed by atoms with van der Waals surface area (Å²) >= 11 is 7.41. The van der Waals surface area contributed by atoms with Crippen LogP contribution in [-0.2, 0) is 9.59 Å². The van der Waals surface area contributed by atoms with Gasteiger partial charge in [0.05, 0.1) is 10.2 Å². The summed E-state index contributed by atoms with van der Waals surface area (Å²) in [5.41, 5.74) is 0.838. The van der Waals surface area contributed by atoms with E-state index in [4.69, 9.17) is 11.6 Å². The number of rotatable bonds is 2. The quantitative estimate of drug-likeness (QED) is 0.881. The number of hydrogen-bond donors (Lipinski definition) is 1. The second-order valence-corrected chi connectivity index (χ2v) is 7.98. The molecule has 2 saturated carbocycles. The van der Waals surface area contributed by atoms with Gasteiger partial charge in [0.1, 0.15) is 5.78 Å². The number of benzene rings is 1. The molecule has 2 aromatic rings. The van der Waals surface area contributed by atoms with Crippen molar-refractivity contribution in [2.24, 2.45) is 17.8 Å². The number of nitrogens with one attached hydrogen (secondary N) is 1. The van der Waals surface area contributed by atoms with Crippen LogP contribution in [0.4, 0.5) is 5.13 Å². The largest absolute Gasteiger partial charge is 0.302 e. The van der Waals surface area contributed by atoms with Crippen LogP contribution in [0.5, 0.6) is 0 Å². The van der Waals surface area contributed by atoms with E-state index in [0.29, 0.717) is 28.8 Å². The van der Waals surface area contributed by atoms with Crippen molar-refractivity contribution in [2.45, 2.75) is 32.1 Å². The lowest BCUT2D eigenvalue weighted by molar-refractivity contribution is -0.136. The van der Waals surface area contributed by atoms with Gasteiger partial charge in [0.15, 0.2) is 5.13 Å². The molecule has 2 aliphatic carbocycles. The number of hydrogen-bond acceptors (Lipinski definition) is 4. The van der Waals surface area contributed by atoms with E-state index >= 15 is 0 Å². The zero-order valence-corrected chi connectivity index (χ0v) is 14.1. The Morgan fingerprint density at radius 3 is 2.74 bits per heavy atom. The molecule has 4 rings (SSSR count). The number of thiazole rings is 1. The Morgan fingerprint density at radius 1 is 1.26 bits per heavy atom. The normalized spacial score (nSPS) is 27.2. The van der Waals surface area contributed by atoms with Gasteiger partial charge in [0.25, 0.3) is 0 Å². The maximum absolute atomic E-state index is 12.6. The number of anilines is 1. The third kappa shape index (κ3) is 2.88. The summed E-state index contributed by atoms with van der Waals surface area (Å²) in [5, 5.41) is 4.21. The first kappa shape index (κ1) is 15.1. The number of fused-ring (bicyclic) bond motifs is 3. The van der Waals surface area contributed by atoms with Crippen molar-refractivity contribution in [3.63, 3.8) is 0 Å². The molecule has 2 unspecified atom stereocenters. The molecule has 4 nitrogen and oxygen atoms in total. The van der Waals surface area contributed by atoms with E-state index < -0.39 is 0 Å². The predicted molar refractivity (Wildman–Crippen MR) is 91.8 cm³/mol. The van der Waals surface area contributed by atoms with E-state index in [2.05, 4.69) is 10.3 Å². The van der Waals surface area contributed by atoms with E-state index in [9.17, 15) is 9.59 Å². The van der Waals surface area contributed by atoms with E-state index in [1.807, 2.05) is 12.1 Å². The Labute approximate surface area is 143 Å². The molecule has 2 bridgehead atoms. The monoisotopic (exact) mass is 348 g/mol. The maximum atomic E-state index is 12.6. The van der Waals surface area contributed by atoms with Gasteiger partial charge in [-0.3, -0.25) is 9.59 Å². The highest BCUT2D eigenvalue weighted by Gasteiger charge is 2.41. The summed E-state index contributed by atoms with van der Waals surface area (Å²) < 4.78 is 0.962. The Kier molecular flexibility index (Phi) is 3.85. The number of aromatic nitrogens is 1. The molecule has 0 aliphatic heterocycles. The molecular formula is C17H17ClN2O2S. The lowest BCUT2D eigenvalue weighted by Crippen LogP contribution is -2.40. The molecule has 1 heterocycles. The van der Waals surface area contributed by atoms with Crippen molar-refractivity contribution < 1.29 is 9.59 Å². The van der Waals surface area contributed by atoms with Gasteiger partial charge in [-0.15, -0.1) is 0 Å². The number of ketones is 1. The fourth-order valence-corrected chi connectivity index (χ4v) is 5.00. The van der Waals surface area contributed by atoms with Gasteiger partial charge < -0.3 is 5.32 Å². The SMILES string of the molecule is O=C(Nc1nc2ccc(Cl)cc2s1)C1CC2CCCC(C1)C2=O. The number of carbonyl (C=O) groups is 2. The predicted octanol–water partition coefficient (Wildman–Crippen LogP) is 4.28. The van der Waals surface area contributed by atoms with Crippen LogP contribution in [0.3, 0.4) is 0 Å². The number of halogens is 1. The van der Waals surface area contributed by atoms with Crippen LogP contribution in [0, 0.1) is 17.8 Å². The Bertz CT molecular complexity index is 772. The third-order valence-electron chi connectivity index (χ3n) is 5.00. The molecule has 2 aliphatic rings. The smallest absolute Gasteiger partial charge is 0.229 e. The third-order valence-corrected chi connectivity index (χ3v) is 6.17. The van der Waals surface area contributed by atoms with Crippen LogP contribution in [0.25, 0.3) is 10.2 Å². The number of nitrogens with zero attached hydrogens (tertiary/aromatic N) is 1. The van der Waals surface area contributed by atoms with Gasteiger partial charge in [-0.05, 0) is 43.9 Å². The molecule has 2 fully saturated rings. The molecule has 1 aromatic carbocycles. The van der Waals surface area contributed by atoms with Crippen LogP contribution >= 0.6 is 22.9 Å². The molecule has 2 atom stereocenters. The maximum Gasteiger partial charge on any atom is 0.229 e. The summed E-state index contributed by atoms with van der Waals surface area (Å²) in [5.74, 6) is 0.493. The van der Waals surface area contributed by atoms with Crippen molar-refractivity contribution in [2.75, 3.05) is 5.32 Å². The van der Waals surface area contributed by atoms with Gasteiger partial charge >= 0.3 is 0 Å². The minimum absolute atomic E-state index is 0.000414. The van der Waals surface area contributed by atoms with E-state index in [1.54, 1.807) is 6.07 Å².